The number of aliphatic hydroxyl groups is 4. The van der Waals surface area contributed by atoms with Gasteiger partial charge in [0, 0.05) is 0 Å². The minimum Gasteiger partial charge on any atom is -0.395 e. The highest BCUT2D eigenvalue weighted by Crippen LogP contribution is 2.29. The summed E-state index contributed by atoms with van der Waals surface area (Å²) in [5.41, 5.74) is 4.44. The Balaban J connectivity index is 2.63. The van der Waals surface area contributed by atoms with Crippen LogP contribution in [0.2, 0.25) is 0 Å². The van der Waals surface area contributed by atoms with E-state index >= 15 is 0 Å². The normalized spacial score (nSPS) is 49.2. The number of hydrogen-bond acceptors (Lipinski definition) is 6. The maximum absolute atomic E-state index is 9.30. The molecule has 6 heteroatoms. The summed E-state index contributed by atoms with van der Waals surface area (Å²) in [6.07, 6.45) is -2.24. The van der Waals surface area contributed by atoms with E-state index in [9.17, 15) is 15.3 Å². The van der Waals surface area contributed by atoms with Crippen LogP contribution in [0.15, 0.2) is 0 Å². The maximum Gasteiger partial charge on any atom is 0.117 e. The summed E-state index contributed by atoms with van der Waals surface area (Å²) in [5, 5.41) is 36.0. The maximum atomic E-state index is 9.30. The van der Waals surface area contributed by atoms with Crippen molar-refractivity contribution in [1.82, 2.24) is 0 Å². The average Bonchev–Trinajstić information content (AvgIpc) is 2.08. The van der Waals surface area contributed by atoms with Gasteiger partial charge in [-0.05, 0) is 0 Å². The molecule has 1 unspecified atom stereocenters. The van der Waals surface area contributed by atoms with Crippen molar-refractivity contribution in [3.8, 4) is 0 Å². The van der Waals surface area contributed by atoms with Crippen LogP contribution in [0.25, 0.3) is 0 Å². The highest BCUT2D eigenvalue weighted by atomic mass is 32.2. The minimum atomic E-state index is -1.17. The van der Waals surface area contributed by atoms with E-state index in [-0.39, 0.29) is 6.61 Å². The Labute approximate surface area is 74.2 Å². The minimum absolute atomic E-state index is 0.285. The van der Waals surface area contributed by atoms with Crippen LogP contribution in [0.4, 0.5) is 0 Å². The molecule has 0 saturated carbocycles. The average molecular weight is 195 g/mol. The lowest BCUT2D eigenvalue weighted by atomic mass is 10.0. The molecule has 72 valence electrons. The fraction of sp³-hybridized carbons (Fsp3) is 1.00. The summed E-state index contributed by atoms with van der Waals surface area (Å²) >= 11 is 0.977. The van der Waals surface area contributed by atoms with Gasteiger partial charge in [-0.15, -0.1) is 11.8 Å². The molecular formula is C6H13NO4S. The van der Waals surface area contributed by atoms with Crippen LogP contribution in [0.1, 0.15) is 0 Å². The summed E-state index contributed by atoms with van der Waals surface area (Å²) in [5.74, 6) is 0. The first-order chi connectivity index (χ1) is 5.57. The Hall–Kier alpha value is 0.150. The van der Waals surface area contributed by atoms with Gasteiger partial charge in [0.2, 0.25) is 0 Å². The quantitative estimate of drug-likeness (QED) is 0.316. The van der Waals surface area contributed by atoms with E-state index in [1.165, 1.54) is 0 Å². The Morgan fingerprint density at radius 1 is 1.17 bits per heavy atom. The van der Waals surface area contributed by atoms with Gasteiger partial charge in [-0.25, -0.2) is 0 Å². The number of hydrogen-bond donors (Lipinski definition) is 5. The van der Waals surface area contributed by atoms with Gasteiger partial charge in [0.15, 0.2) is 0 Å². The number of aliphatic hydroxyl groups excluding tert-OH is 4. The van der Waals surface area contributed by atoms with Crippen molar-refractivity contribution in [1.29, 1.82) is 0 Å². The first-order valence-corrected chi connectivity index (χ1v) is 4.58. The van der Waals surface area contributed by atoms with Crippen LogP contribution in [0.5, 0.6) is 0 Å². The van der Waals surface area contributed by atoms with E-state index in [0.29, 0.717) is 0 Å². The molecule has 1 rings (SSSR count). The Bertz CT molecular complexity index is 154. The Kier molecular flexibility index (Phi) is 3.33. The van der Waals surface area contributed by atoms with Crippen molar-refractivity contribution in [3.63, 3.8) is 0 Å². The summed E-state index contributed by atoms with van der Waals surface area (Å²) in [6, 6.07) is -0.854. The number of rotatable bonds is 1. The van der Waals surface area contributed by atoms with Crippen LogP contribution >= 0.6 is 11.8 Å². The van der Waals surface area contributed by atoms with Gasteiger partial charge in [0.1, 0.15) is 5.44 Å². The second kappa shape index (κ2) is 3.91. The molecule has 0 aromatic rings. The molecule has 5 atom stereocenters. The standard InChI is InChI=1S/C6H13NO4S/c7-3-5(10)4(9)2(1-8)12-6(3)11/h2-6,8-11H,1,7H2/t2-,3+,4-,5-,6?/m1/s1. The molecule has 12 heavy (non-hydrogen) atoms. The second-order valence-corrected chi connectivity index (χ2v) is 4.17. The molecule has 0 amide bonds. The molecule has 1 aliphatic heterocycles. The first kappa shape index (κ1) is 10.2. The smallest absolute Gasteiger partial charge is 0.117 e. The van der Waals surface area contributed by atoms with Crippen molar-refractivity contribution in [2.75, 3.05) is 6.61 Å². The lowest BCUT2D eigenvalue weighted by molar-refractivity contribution is -0.0279. The topological polar surface area (TPSA) is 107 Å². The van der Waals surface area contributed by atoms with Gasteiger partial charge < -0.3 is 26.2 Å². The third-order valence-electron chi connectivity index (χ3n) is 1.95. The predicted molar refractivity (Wildman–Crippen MR) is 44.5 cm³/mol. The Morgan fingerprint density at radius 3 is 2.25 bits per heavy atom. The highest BCUT2D eigenvalue weighted by Gasteiger charge is 2.41. The molecular weight excluding hydrogens is 182 g/mol. The predicted octanol–water partition coefficient (Wildman–Crippen LogP) is -2.54. The SMILES string of the molecule is N[C@@H]1C(O)S[C@H](CO)[C@@H](O)[C@@H]1O. The third-order valence-corrected chi connectivity index (χ3v) is 3.32. The van der Waals surface area contributed by atoms with Crippen molar-refractivity contribution in [3.05, 3.63) is 0 Å². The van der Waals surface area contributed by atoms with Crippen molar-refractivity contribution >= 4 is 11.8 Å². The van der Waals surface area contributed by atoms with E-state index in [1.807, 2.05) is 0 Å². The van der Waals surface area contributed by atoms with Crippen LogP contribution < -0.4 is 5.73 Å². The molecule has 1 fully saturated rings. The Morgan fingerprint density at radius 2 is 1.75 bits per heavy atom. The van der Waals surface area contributed by atoms with E-state index < -0.39 is 28.9 Å². The zero-order valence-corrected chi connectivity index (χ0v) is 7.18. The fourth-order valence-corrected chi connectivity index (χ4v) is 2.23. The van der Waals surface area contributed by atoms with Gasteiger partial charge >= 0.3 is 0 Å². The zero-order valence-electron chi connectivity index (χ0n) is 6.37. The molecule has 1 aliphatic rings. The van der Waals surface area contributed by atoms with E-state index in [1.54, 1.807) is 0 Å². The van der Waals surface area contributed by atoms with Crippen molar-refractivity contribution in [2.24, 2.45) is 5.73 Å². The van der Waals surface area contributed by atoms with Gasteiger partial charge in [-0.1, -0.05) is 0 Å². The second-order valence-electron chi connectivity index (χ2n) is 2.81. The molecule has 0 aromatic heterocycles. The monoisotopic (exact) mass is 195 g/mol. The van der Waals surface area contributed by atoms with Gasteiger partial charge in [-0.2, -0.15) is 0 Å². The van der Waals surface area contributed by atoms with E-state index in [2.05, 4.69) is 0 Å². The molecule has 5 nitrogen and oxygen atoms in total. The molecule has 1 heterocycles. The van der Waals surface area contributed by atoms with Crippen LogP contribution in [-0.2, 0) is 0 Å². The lowest BCUT2D eigenvalue weighted by Gasteiger charge is -2.37. The molecule has 1 saturated heterocycles. The summed E-state index contributed by atoms with van der Waals surface area (Å²) in [6.45, 7) is -0.285. The van der Waals surface area contributed by atoms with Crippen molar-refractivity contribution < 1.29 is 20.4 Å². The molecule has 0 bridgehead atoms. The van der Waals surface area contributed by atoms with Gasteiger partial charge in [0.05, 0.1) is 30.1 Å². The molecule has 0 radical (unpaired) electrons. The van der Waals surface area contributed by atoms with Crippen molar-refractivity contribution in [2.45, 2.75) is 28.9 Å². The third kappa shape index (κ3) is 1.73. The zero-order chi connectivity index (χ0) is 9.30. The highest BCUT2D eigenvalue weighted by molar-refractivity contribution is 8.00. The van der Waals surface area contributed by atoms with Crippen LogP contribution in [-0.4, -0.2) is 56.0 Å². The van der Waals surface area contributed by atoms with Gasteiger partial charge in [-0.3, -0.25) is 0 Å². The van der Waals surface area contributed by atoms with Crippen LogP contribution in [0.3, 0.4) is 0 Å². The summed E-state index contributed by atoms with van der Waals surface area (Å²) < 4.78 is 0. The van der Waals surface area contributed by atoms with Gasteiger partial charge in [0.25, 0.3) is 0 Å². The lowest BCUT2D eigenvalue weighted by Crippen LogP contribution is -2.57. The number of nitrogens with two attached hydrogens (primary N) is 1. The molecule has 0 spiro atoms. The van der Waals surface area contributed by atoms with E-state index in [4.69, 9.17) is 10.8 Å². The van der Waals surface area contributed by atoms with E-state index in [0.717, 1.165) is 11.8 Å². The van der Waals surface area contributed by atoms with Crippen LogP contribution in [0, 0.1) is 0 Å². The fourth-order valence-electron chi connectivity index (χ4n) is 1.12. The molecule has 6 N–H and O–H groups in total. The summed E-state index contributed by atoms with van der Waals surface area (Å²) in [4.78, 5) is 0. The molecule has 0 aromatic carbocycles. The number of thioether (sulfide) groups is 1. The summed E-state index contributed by atoms with van der Waals surface area (Å²) in [7, 11) is 0. The first-order valence-electron chi connectivity index (χ1n) is 3.64. The largest absolute Gasteiger partial charge is 0.395 e. The molecule has 0 aliphatic carbocycles.